The van der Waals surface area contributed by atoms with Crippen molar-refractivity contribution in [3.8, 4) is 0 Å². The molecular formula is C17H21NO3. The molecule has 1 fully saturated rings. The van der Waals surface area contributed by atoms with Crippen molar-refractivity contribution < 1.29 is 14.4 Å². The molecule has 4 heteroatoms. The van der Waals surface area contributed by atoms with Crippen LogP contribution in [0.25, 0.3) is 0 Å². The zero-order valence-corrected chi connectivity index (χ0v) is 13.0. The van der Waals surface area contributed by atoms with E-state index < -0.39 is 5.92 Å². The molecule has 0 saturated carbocycles. The van der Waals surface area contributed by atoms with Crippen LogP contribution in [0.5, 0.6) is 0 Å². The molecule has 1 saturated heterocycles. The van der Waals surface area contributed by atoms with Crippen molar-refractivity contribution in [2.45, 2.75) is 52.7 Å². The molecule has 0 aliphatic carbocycles. The molecule has 0 aromatic heterocycles. The third-order valence-corrected chi connectivity index (χ3v) is 4.31. The largest absolute Gasteiger partial charge is 0.462 e. The summed E-state index contributed by atoms with van der Waals surface area (Å²) < 4.78 is 5.48. The molecule has 0 spiro atoms. The molecule has 112 valence electrons. The Morgan fingerprint density at radius 3 is 2.48 bits per heavy atom. The number of cyclic esters (lactones) is 1. The van der Waals surface area contributed by atoms with E-state index in [0.29, 0.717) is 0 Å². The van der Waals surface area contributed by atoms with Crippen LogP contribution >= 0.6 is 0 Å². The number of ether oxygens (including phenoxy) is 1. The first-order chi connectivity index (χ1) is 9.97. The number of carbonyl (C=O) groups excluding carboxylic acids is 1. The van der Waals surface area contributed by atoms with Gasteiger partial charge in [0.15, 0.2) is 0 Å². The predicted octanol–water partition coefficient (Wildman–Crippen LogP) is 3.06. The molecule has 3 atom stereocenters. The number of benzene rings is 1. The molecule has 3 rings (SSSR count). The van der Waals surface area contributed by atoms with Crippen molar-refractivity contribution in [1.82, 2.24) is 0 Å². The predicted molar refractivity (Wildman–Crippen MR) is 80.3 cm³/mol. The Bertz CT molecular complexity index is 597. The fraction of sp³-hybridized carbons (Fsp3) is 0.529. The third-order valence-electron chi connectivity index (χ3n) is 4.31. The highest BCUT2D eigenvalue weighted by molar-refractivity contribution is 6.14. The standard InChI is InChI=1S/C17H21NO3/c1-9-7-10(2)14(11(3)8-9)16-15-13(21-18-16)6-5-12(4)20-17(15)19/h7-8,12-13,15H,5-6H2,1-4H3/t12-,13-,15+/m1/s1. The van der Waals surface area contributed by atoms with Crippen molar-refractivity contribution >= 4 is 11.7 Å². The van der Waals surface area contributed by atoms with E-state index in [0.717, 1.165) is 35.2 Å². The van der Waals surface area contributed by atoms with E-state index in [1.54, 1.807) is 0 Å². The smallest absolute Gasteiger partial charge is 0.319 e. The van der Waals surface area contributed by atoms with E-state index in [1.807, 2.05) is 6.92 Å². The van der Waals surface area contributed by atoms with Crippen molar-refractivity contribution in [3.05, 3.63) is 34.4 Å². The van der Waals surface area contributed by atoms with E-state index >= 15 is 0 Å². The minimum absolute atomic E-state index is 0.0480. The summed E-state index contributed by atoms with van der Waals surface area (Å²) in [5.74, 6) is -0.601. The molecule has 0 unspecified atom stereocenters. The normalized spacial score (nSPS) is 28.3. The summed E-state index contributed by atoms with van der Waals surface area (Å²) in [5, 5.41) is 4.23. The second kappa shape index (κ2) is 5.17. The summed E-state index contributed by atoms with van der Waals surface area (Å²) in [6, 6.07) is 4.23. The average Bonchev–Trinajstić information content (AvgIpc) is 2.72. The summed E-state index contributed by atoms with van der Waals surface area (Å²) >= 11 is 0. The minimum Gasteiger partial charge on any atom is -0.462 e. The lowest BCUT2D eigenvalue weighted by Gasteiger charge is -2.17. The summed E-state index contributed by atoms with van der Waals surface area (Å²) in [4.78, 5) is 17.9. The van der Waals surface area contributed by atoms with Gasteiger partial charge in [-0.15, -0.1) is 0 Å². The minimum atomic E-state index is -0.393. The van der Waals surface area contributed by atoms with Gasteiger partial charge in [-0.3, -0.25) is 4.79 Å². The second-order valence-electron chi connectivity index (χ2n) is 6.20. The van der Waals surface area contributed by atoms with Gasteiger partial charge in [0.1, 0.15) is 17.7 Å². The lowest BCUT2D eigenvalue weighted by molar-refractivity contribution is -0.150. The van der Waals surface area contributed by atoms with Gasteiger partial charge in [-0.2, -0.15) is 0 Å². The molecule has 0 bridgehead atoms. The van der Waals surface area contributed by atoms with Gasteiger partial charge >= 0.3 is 5.97 Å². The van der Waals surface area contributed by atoms with Crippen molar-refractivity contribution in [3.63, 3.8) is 0 Å². The molecule has 0 radical (unpaired) electrons. The van der Waals surface area contributed by atoms with E-state index in [1.165, 1.54) is 5.56 Å². The Morgan fingerprint density at radius 2 is 1.81 bits per heavy atom. The van der Waals surface area contributed by atoms with Gasteiger partial charge in [0.05, 0.1) is 6.10 Å². The lowest BCUT2D eigenvalue weighted by Crippen LogP contribution is -2.32. The SMILES string of the molecule is Cc1cc(C)c(C2=NO[C@@H]3CC[C@@H](C)OC(=O)[C@H]23)c(C)c1. The first-order valence-corrected chi connectivity index (χ1v) is 7.50. The zero-order chi connectivity index (χ0) is 15.1. The number of rotatable bonds is 1. The summed E-state index contributed by atoms with van der Waals surface area (Å²) in [5.41, 5.74) is 5.22. The first-order valence-electron chi connectivity index (χ1n) is 7.50. The topological polar surface area (TPSA) is 47.9 Å². The van der Waals surface area contributed by atoms with Crippen LogP contribution in [0, 0.1) is 26.7 Å². The van der Waals surface area contributed by atoms with Crippen LogP contribution in [-0.2, 0) is 14.4 Å². The Kier molecular flexibility index (Phi) is 3.47. The molecule has 4 nitrogen and oxygen atoms in total. The van der Waals surface area contributed by atoms with Crippen LogP contribution in [0.3, 0.4) is 0 Å². The van der Waals surface area contributed by atoms with Gasteiger partial charge in [-0.05, 0) is 51.7 Å². The highest BCUT2D eigenvalue weighted by atomic mass is 16.6. The quantitative estimate of drug-likeness (QED) is 0.746. The maximum atomic E-state index is 12.4. The summed E-state index contributed by atoms with van der Waals surface area (Å²) in [6.07, 6.45) is 1.39. The van der Waals surface area contributed by atoms with Crippen LogP contribution in [0.4, 0.5) is 0 Å². The highest BCUT2D eigenvalue weighted by Gasteiger charge is 2.44. The number of hydrogen-bond acceptors (Lipinski definition) is 4. The summed E-state index contributed by atoms with van der Waals surface area (Å²) in [6.45, 7) is 8.10. The van der Waals surface area contributed by atoms with Gasteiger partial charge in [0.25, 0.3) is 0 Å². The molecule has 0 N–H and O–H groups in total. The van der Waals surface area contributed by atoms with Gasteiger partial charge in [0.2, 0.25) is 0 Å². The molecule has 2 aliphatic heterocycles. The van der Waals surface area contributed by atoms with Crippen LogP contribution in [0.2, 0.25) is 0 Å². The van der Waals surface area contributed by atoms with Crippen LogP contribution in [0.15, 0.2) is 17.3 Å². The molecule has 21 heavy (non-hydrogen) atoms. The summed E-state index contributed by atoms with van der Waals surface area (Å²) in [7, 11) is 0. The molecule has 0 amide bonds. The zero-order valence-electron chi connectivity index (χ0n) is 13.0. The Hall–Kier alpha value is -1.84. The molecule has 2 aliphatic rings. The van der Waals surface area contributed by atoms with Crippen LogP contribution in [0.1, 0.15) is 42.0 Å². The fourth-order valence-electron chi connectivity index (χ4n) is 3.42. The molecule has 1 aromatic carbocycles. The number of hydrogen-bond donors (Lipinski definition) is 0. The second-order valence-corrected chi connectivity index (χ2v) is 6.20. The fourth-order valence-corrected chi connectivity index (χ4v) is 3.42. The van der Waals surface area contributed by atoms with Crippen molar-refractivity contribution in [1.29, 1.82) is 0 Å². The first kappa shape index (κ1) is 14.1. The van der Waals surface area contributed by atoms with Crippen molar-refractivity contribution in [2.75, 3.05) is 0 Å². The van der Waals surface area contributed by atoms with Crippen molar-refractivity contribution in [2.24, 2.45) is 11.1 Å². The third kappa shape index (κ3) is 2.43. The maximum Gasteiger partial charge on any atom is 0.319 e. The molecule has 2 heterocycles. The number of fused-ring (bicyclic) bond motifs is 1. The van der Waals surface area contributed by atoms with Gasteiger partial charge < -0.3 is 9.57 Å². The van der Waals surface area contributed by atoms with E-state index in [-0.39, 0.29) is 18.2 Å². The van der Waals surface area contributed by atoms with Gasteiger partial charge in [-0.25, -0.2) is 0 Å². The van der Waals surface area contributed by atoms with Crippen LogP contribution < -0.4 is 0 Å². The average molecular weight is 287 g/mol. The number of oxime groups is 1. The lowest BCUT2D eigenvalue weighted by atomic mass is 9.86. The van der Waals surface area contributed by atoms with Gasteiger partial charge in [-0.1, -0.05) is 22.9 Å². The number of nitrogens with zero attached hydrogens (tertiary/aromatic N) is 1. The van der Waals surface area contributed by atoms with Crippen LogP contribution in [-0.4, -0.2) is 23.9 Å². The van der Waals surface area contributed by atoms with E-state index in [4.69, 9.17) is 9.57 Å². The Balaban J connectivity index is 2.02. The highest BCUT2D eigenvalue weighted by Crippen LogP contribution is 2.33. The Labute approximate surface area is 125 Å². The Morgan fingerprint density at radius 1 is 1.14 bits per heavy atom. The van der Waals surface area contributed by atoms with E-state index in [9.17, 15) is 4.79 Å². The number of aryl methyl sites for hydroxylation is 3. The van der Waals surface area contributed by atoms with E-state index in [2.05, 4.69) is 38.1 Å². The van der Waals surface area contributed by atoms with Gasteiger partial charge in [0, 0.05) is 5.56 Å². The maximum absolute atomic E-state index is 12.4. The molecular weight excluding hydrogens is 266 g/mol. The molecule has 1 aromatic rings. The number of esters is 1. The number of carbonyl (C=O) groups is 1. The monoisotopic (exact) mass is 287 g/mol.